The van der Waals surface area contributed by atoms with Crippen LogP contribution in [-0.4, -0.2) is 39.8 Å². The van der Waals surface area contributed by atoms with E-state index in [2.05, 4.69) is 15.0 Å². The third-order valence-corrected chi connectivity index (χ3v) is 6.08. The van der Waals surface area contributed by atoms with Gasteiger partial charge < -0.3 is 10.2 Å². The van der Waals surface area contributed by atoms with Crippen molar-refractivity contribution in [1.29, 1.82) is 0 Å². The van der Waals surface area contributed by atoms with E-state index in [0.29, 0.717) is 18.7 Å². The maximum atomic E-state index is 12.8. The molecule has 0 spiro atoms. The molecule has 2 aliphatic rings. The van der Waals surface area contributed by atoms with Crippen LogP contribution in [0.1, 0.15) is 18.1 Å². The van der Waals surface area contributed by atoms with Crippen molar-refractivity contribution in [2.24, 2.45) is 4.99 Å². The Hall–Kier alpha value is -2.87. The maximum Gasteiger partial charge on any atom is 0.261 e. The van der Waals surface area contributed by atoms with Crippen LogP contribution >= 0.6 is 0 Å². The molecular formula is C19H20N4O3S. The lowest BCUT2D eigenvalue weighted by Gasteiger charge is -2.15. The lowest BCUT2D eigenvalue weighted by molar-refractivity contribution is -0.116. The molecule has 8 heteroatoms. The van der Waals surface area contributed by atoms with Crippen molar-refractivity contribution in [3.05, 3.63) is 53.6 Å². The largest absolute Gasteiger partial charge is 0.368 e. The summed E-state index contributed by atoms with van der Waals surface area (Å²) in [6.45, 7) is 3.60. The summed E-state index contributed by atoms with van der Waals surface area (Å²) in [7, 11) is -3.73. The second-order valence-corrected chi connectivity index (χ2v) is 8.24. The molecule has 27 heavy (non-hydrogen) atoms. The van der Waals surface area contributed by atoms with Gasteiger partial charge in [0, 0.05) is 37.0 Å². The topological polar surface area (TPSA) is 90.9 Å². The highest BCUT2D eigenvalue weighted by molar-refractivity contribution is 7.92. The van der Waals surface area contributed by atoms with Gasteiger partial charge in [0.25, 0.3) is 10.0 Å². The number of sulfonamides is 1. The van der Waals surface area contributed by atoms with Crippen LogP contribution < -0.4 is 14.9 Å². The lowest BCUT2D eigenvalue weighted by Crippen LogP contribution is -2.25. The molecule has 2 N–H and O–H groups in total. The highest BCUT2D eigenvalue weighted by Gasteiger charge is 2.25. The Kier molecular flexibility index (Phi) is 4.35. The van der Waals surface area contributed by atoms with Gasteiger partial charge in [0.1, 0.15) is 5.84 Å². The van der Waals surface area contributed by atoms with Crippen molar-refractivity contribution >= 4 is 33.1 Å². The van der Waals surface area contributed by atoms with Crippen molar-refractivity contribution in [1.82, 2.24) is 5.32 Å². The minimum absolute atomic E-state index is 0.0391. The highest BCUT2D eigenvalue weighted by Crippen LogP contribution is 2.30. The first-order chi connectivity index (χ1) is 12.9. The second kappa shape index (κ2) is 6.70. The van der Waals surface area contributed by atoms with Gasteiger partial charge in [-0.25, -0.2) is 8.42 Å². The summed E-state index contributed by atoms with van der Waals surface area (Å²) in [6, 6.07) is 12.0. The molecule has 0 atom stereocenters. The molecule has 140 valence electrons. The summed E-state index contributed by atoms with van der Waals surface area (Å²) in [4.78, 5) is 17.9. The number of nitrogens with one attached hydrogen (secondary N) is 2. The van der Waals surface area contributed by atoms with Gasteiger partial charge in [-0.05, 0) is 42.3 Å². The van der Waals surface area contributed by atoms with E-state index >= 15 is 0 Å². The molecule has 0 radical (unpaired) electrons. The number of aliphatic imine (C=N–C) groups is 1. The summed E-state index contributed by atoms with van der Waals surface area (Å²) in [5.74, 6) is 0.737. The number of rotatable bonds is 4. The van der Waals surface area contributed by atoms with Crippen LogP contribution in [0.2, 0.25) is 0 Å². The van der Waals surface area contributed by atoms with Crippen LogP contribution in [0.25, 0.3) is 0 Å². The van der Waals surface area contributed by atoms with Gasteiger partial charge in [0.2, 0.25) is 5.91 Å². The smallest absolute Gasteiger partial charge is 0.261 e. The molecule has 0 aromatic heterocycles. The number of amides is 1. The molecule has 1 amide bonds. The number of amidine groups is 1. The van der Waals surface area contributed by atoms with Crippen molar-refractivity contribution in [2.75, 3.05) is 29.3 Å². The SMILES string of the molecule is CC(=O)N1CCc2cc(S(=O)(=O)Nc3cccc(C4=NCCN4)c3)ccc21. The van der Waals surface area contributed by atoms with E-state index in [-0.39, 0.29) is 10.8 Å². The fourth-order valence-corrected chi connectivity index (χ4v) is 4.51. The summed E-state index contributed by atoms with van der Waals surface area (Å²) < 4.78 is 28.3. The Morgan fingerprint density at radius 2 is 2.07 bits per heavy atom. The molecule has 0 bridgehead atoms. The lowest BCUT2D eigenvalue weighted by atomic mass is 10.2. The van der Waals surface area contributed by atoms with Crippen LogP contribution in [0.5, 0.6) is 0 Å². The number of carbonyl (C=O) groups is 1. The third kappa shape index (κ3) is 3.40. The first-order valence-corrected chi connectivity index (χ1v) is 10.2. The average Bonchev–Trinajstić information content (AvgIpc) is 3.31. The zero-order valence-corrected chi connectivity index (χ0v) is 15.7. The first kappa shape index (κ1) is 17.5. The Bertz CT molecular complexity index is 1050. The van der Waals surface area contributed by atoms with Crippen LogP contribution in [0.4, 0.5) is 11.4 Å². The Morgan fingerprint density at radius 3 is 2.81 bits per heavy atom. The Morgan fingerprint density at radius 1 is 1.22 bits per heavy atom. The van der Waals surface area contributed by atoms with Crippen molar-refractivity contribution in [2.45, 2.75) is 18.2 Å². The summed E-state index contributed by atoms with van der Waals surface area (Å²) >= 11 is 0. The van der Waals surface area contributed by atoms with Gasteiger partial charge in [0.15, 0.2) is 0 Å². The van der Waals surface area contributed by atoms with Crippen LogP contribution in [0.3, 0.4) is 0 Å². The Labute approximate surface area is 158 Å². The van der Waals surface area contributed by atoms with E-state index in [1.165, 1.54) is 13.0 Å². The van der Waals surface area contributed by atoms with Crippen molar-refractivity contribution < 1.29 is 13.2 Å². The van der Waals surface area contributed by atoms with Crippen molar-refractivity contribution in [3.63, 3.8) is 0 Å². The number of hydrogen-bond acceptors (Lipinski definition) is 5. The van der Waals surface area contributed by atoms with E-state index in [0.717, 1.165) is 35.7 Å². The first-order valence-electron chi connectivity index (χ1n) is 8.77. The normalized spacial score (nSPS) is 15.9. The standard InChI is InChI=1S/C19H20N4O3S/c1-13(24)23-10-7-14-12-17(5-6-18(14)23)27(25,26)22-16-4-2-3-15(11-16)19-20-8-9-21-19/h2-6,11-12,22H,7-10H2,1H3,(H,20,21). The molecule has 2 aliphatic heterocycles. The number of nitrogens with zero attached hydrogens (tertiary/aromatic N) is 2. The number of carbonyl (C=O) groups excluding carboxylic acids is 1. The van der Waals surface area contributed by atoms with E-state index in [1.807, 2.05) is 6.07 Å². The second-order valence-electron chi connectivity index (χ2n) is 6.55. The molecule has 7 nitrogen and oxygen atoms in total. The third-order valence-electron chi connectivity index (χ3n) is 4.70. The predicted molar refractivity (Wildman–Crippen MR) is 105 cm³/mol. The summed E-state index contributed by atoms with van der Waals surface area (Å²) in [5.41, 5.74) is 2.98. The summed E-state index contributed by atoms with van der Waals surface area (Å²) in [5, 5.41) is 3.18. The van der Waals surface area contributed by atoms with Crippen LogP contribution in [-0.2, 0) is 21.2 Å². The molecule has 2 aromatic carbocycles. The van der Waals surface area contributed by atoms with Crippen molar-refractivity contribution in [3.8, 4) is 0 Å². The van der Waals surface area contributed by atoms with E-state index in [4.69, 9.17) is 0 Å². The fourth-order valence-electron chi connectivity index (χ4n) is 3.41. The zero-order chi connectivity index (χ0) is 19.0. The number of fused-ring (bicyclic) bond motifs is 1. The molecule has 4 rings (SSSR count). The fraction of sp³-hybridized carbons (Fsp3) is 0.263. The van der Waals surface area contributed by atoms with Gasteiger partial charge in [-0.15, -0.1) is 0 Å². The van der Waals surface area contributed by atoms with E-state index in [9.17, 15) is 13.2 Å². The molecule has 2 heterocycles. The Balaban J connectivity index is 1.60. The van der Waals surface area contributed by atoms with Gasteiger partial charge in [-0.1, -0.05) is 12.1 Å². The van der Waals surface area contributed by atoms with Crippen LogP contribution in [0.15, 0.2) is 52.4 Å². The predicted octanol–water partition coefficient (Wildman–Crippen LogP) is 1.75. The molecular weight excluding hydrogens is 364 g/mol. The molecule has 0 aliphatic carbocycles. The molecule has 0 saturated carbocycles. The van der Waals surface area contributed by atoms with Gasteiger partial charge in [-0.2, -0.15) is 0 Å². The zero-order valence-electron chi connectivity index (χ0n) is 14.9. The highest BCUT2D eigenvalue weighted by atomic mass is 32.2. The average molecular weight is 384 g/mol. The quantitative estimate of drug-likeness (QED) is 0.840. The van der Waals surface area contributed by atoms with E-state index in [1.54, 1.807) is 35.2 Å². The van der Waals surface area contributed by atoms with E-state index < -0.39 is 10.0 Å². The molecule has 0 unspecified atom stereocenters. The molecule has 2 aromatic rings. The number of anilines is 2. The monoisotopic (exact) mass is 384 g/mol. The molecule has 0 saturated heterocycles. The van der Waals surface area contributed by atoms with Gasteiger partial charge in [0.05, 0.1) is 11.4 Å². The maximum absolute atomic E-state index is 12.8. The summed E-state index contributed by atoms with van der Waals surface area (Å²) in [6.07, 6.45) is 0.652. The minimum atomic E-state index is -3.73. The van der Waals surface area contributed by atoms with Gasteiger partial charge in [-0.3, -0.25) is 14.5 Å². The minimum Gasteiger partial charge on any atom is -0.368 e. The van der Waals surface area contributed by atoms with Crippen LogP contribution in [0, 0.1) is 0 Å². The number of benzene rings is 2. The number of hydrogen-bond donors (Lipinski definition) is 2. The molecule has 0 fully saturated rings. The van der Waals surface area contributed by atoms with Gasteiger partial charge >= 0.3 is 0 Å².